The molecule has 196 valence electrons. The molecule has 0 spiro atoms. The van der Waals surface area contributed by atoms with Gasteiger partial charge in [0, 0.05) is 46.9 Å². The summed E-state index contributed by atoms with van der Waals surface area (Å²) in [5.74, 6) is 0.0780. The van der Waals surface area contributed by atoms with Crippen LogP contribution < -0.4 is 10.1 Å². The van der Waals surface area contributed by atoms with Gasteiger partial charge in [0.1, 0.15) is 11.9 Å². The third kappa shape index (κ3) is 4.42. The number of H-pyrrole nitrogens is 1. The van der Waals surface area contributed by atoms with Gasteiger partial charge in [0.2, 0.25) is 0 Å². The summed E-state index contributed by atoms with van der Waals surface area (Å²) in [4.78, 5) is 30.9. The number of methoxy groups -OCH3 is 1. The summed E-state index contributed by atoms with van der Waals surface area (Å²) in [5.41, 5.74) is 5.88. The molecule has 0 saturated heterocycles. The summed E-state index contributed by atoms with van der Waals surface area (Å²) in [6.07, 6.45) is 8.05. The van der Waals surface area contributed by atoms with Crippen molar-refractivity contribution in [2.75, 3.05) is 7.11 Å². The number of allylic oxidation sites excluding steroid dienone is 3. The van der Waals surface area contributed by atoms with Gasteiger partial charge in [-0.25, -0.2) is 4.79 Å². The highest BCUT2D eigenvalue weighted by Crippen LogP contribution is 2.47. The number of rotatable bonds is 5. The Hall–Kier alpha value is -3.80. The van der Waals surface area contributed by atoms with Crippen LogP contribution in [-0.2, 0) is 14.3 Å². The van der Waals surface area contributed by atoms with Gasteiger partial charge in [-0.3, -0.25) is 4.79 Å². The Morgan fingerprint density at radius 3 is 2.63 bits per heavy atom. The van der Waals surface area contributed by atoms with E-state index in [4.69, 9.17) is 9.47 Å². The summed E-state index contributed by atoms with van der Waals surface area (Å²) >= 11 is 0. The van der Waals surface area contributed by atoms with Gasteiger partial charge in [0.25, 0.3) is 0 Å². The Balaban J connectivity index is 1.41. The average molecular weight is 511 g/mol. The highest BCUT2D eigenvalue weighted by molar-refractivity contribution is 6.04. The van der Waals surface area contributed by atoms with Crippen molar-refractivity contribution in [1.82, 2.24) is 10.3 Å². The zero-order valence-corrected chi connectivity index (χ0v) is 22.0. The second-order valence-electron chi connectivity index (χ2n) is 10.7. The molecule has 1 aromatic heterocycles. The van der Waals surface area contributed by atoms with Crippen LogP contribution in [0.25, 0.3) is 10.9 Å². The number of hydrogen-bond acceptors (Lipinski definition) is 5. The van der Waals surface area contributed by atoms with Gasteiger partial charge in [-0.15, -0.1) is 0 Å². The summed E-state index contributed by atoms with van der Waals surface area (Å²) < 4.78 is 11.7. The lowest BCUT2D eigenvalue weighted by Gasteiger charge is -2.37. The van der Waals surface area contributed by atoms with E-state index < -0.39 is 5.92 Å². The summed E-state index contributed by atoms with van der Waals surface area (Å²) in [7, 11) is 1.66. The minimum Gasteiger partial charge on any atom is -0.496 e. The fourth-order valence-electron chi connectivity index (χ4n) is 6.52. The fourth-order valence-corrected chi connectivity index (χ4v) is 6.52. The molecule has 3 aliphatic rings. The van der Waals surface area contributed by atoms with Gasteiger partial charge < -0.3 is 19.8 Å². The number of benzene rings is 2. The van der Waals surface area contributed by atoms with Crippen molar-refractivity contribution in [1.29, 1.82) is 0 Å². The predicted molar refractivity (Wildman–Crippen MR) is 147 cm³/mol. The normalized spacial score (nSPS) is 22.3. The molecule has 2 atom stereocenters. The smallest absolute Gasteiger partial charge is 0.337 e. The van der Waals surface area contributed by atoms with Crippen LogP contribution in [0.2, 0.25) is 0 Å². The van der Waals surface area contributed by atoms with Crippen molar-refractivity contribution in [2.45, 2.75) is 69.8 Å². The van der Waals surface area contributed by atoms with Gasteiger partial charge in [-0.2, -0.15) is 0 Å². The number of nitrogens with one attached hydrogen (secondary N) is 2. The Kier molecular flexibility index (Phi) is 6.56. The molecular formula is C32H34N2O4. The average Bonchev–Trinajstić information content (AvgIpc) is 3.40. The van der Waals surface area contributed by atoms with Crippen LogP contribution in [0, 0.1) is 0 Å². The number of aromatic nitrogens is 1. The molecular weight excluding hydrogens is 476 g/mol. The van der Waals surface area contributed by atoms with E-state index in [1.165, 1.54) is 6.42 Å². The molecule has 2 N–H and O–H groups in total. The minimum atomic E-state index is -0.465. The topological polar surface area (TPSA) is 80.4 Å². The van der Waals surface area contributed by atoms with E-state index >= 15 is 0 Å². The van der Waals surface area contributed by atoms with Gasteiger partial charge >= 0.3 is 5.97 Å². The van der Waals surface area contributed by atoms with Gasteiger partial charge in [0.15, 0.2) is 5.78 Å². The molecule has 38 heavy (non-hydrogen) atoms. The van der Waals surface area contributed by atoms with E-state index in [1.807, 2.05) is 55.6 Å². The van der Waals surface area contributed by atoms with Crippen LogP contribution in [0.5, 0.6) is 5.75 Å². The molecule has 6 heteroatoms. The summed E-state index contributed by atoms with van der Waals surface area (Å²) in [5, 5.41) is 4.53. The van der Waals surface area contributed by atoms with Crippen LogP contribution in [0.4, 0.5) is 0 Å². The third-order valence-electron chi connectivity index (χ3n) is 8.36. The maximum Gasteiger partial charge on any atom is 0.337 e. The van der Waals surface area contributed by atoms with E-state index in [0.29, 0.717) is 24.0 Å². The van der Waals surface area contributed by atoms with Crippen LogP contribution in [0.1, 0.15) is 74.8 Å². The molecule has 6 nitrogen and oxygen atoms in total. The summed E-state index contributed by atoms with van der Waals surface area (Å²) in [6, 6.07) is 16.1. The third-order valence-corrected chi connectivity index (χ3v) is 8.36. The lowest BCUT2D eigenvalue weighted by Crippen LogP contribution is -2.37. The molecule has 1 unspecified atom stereocenters. The summed E-state index contributed by atoms with van der Waals surface area (Å²) in [6.45, 7) is 1.93. The molecule has 1 fully saturated rings. The van der Waals surface area contributed by atoms with E-state index in [9.17, 15) is 9.59 Å². The van der Waals surface area contributed by atoms with E-state index in [2.05, 4.69) is 16.4 Å². The molecule has 6 rings (SSSR count). The molecule has 0 amide bonds. The lowest BCUT2D eigenvalue weighted by atomic mass is 9.71. The number of ether oxygens (including phenoxy) is 2. The maximum absolute atomic E-state index is 14.0. The van der Waals surface area contributed by atoms with Crippen molar-refractivity contribution >= 4 is 22.7 Å². The van der Waals surface area contributed by atoms with E-state index in [1.54, 1.807) is 7.11 Å². The van der Waals surface area contributed by atoms with Crippen molar-refractivity contribution < 1.29 is 19.1 Å². The van der Waals surface area contributed by atoms with E-state index in [0.717, 1.165) is 64.9 Å². The number of carbonyl (C=O) groups is 2. The first kappa shape index (κ1) is 24.5. The van der Waals surface area contributed by atoms with E-state index in [-0.39, 0.29) is 23.8 Å². The minimum absolute atomic E-state index is 0.00115. The highest BCUT2D eigenvalue weighted by atomic mass is 16.5. The van der Waals surface area contributed by atoms with Crippen LogP contribution in [-0.4, -0.2) is 30.0 Å². The Morgan fingerprint density at radius 2 is 1.82 bits per heavy atom. The van der Waals surface area contributed by atoms with Crippen LogP contribution in [0.3, 0.4) is 0 Å². The number of hydrogen-bond donors (Lipinski definition) is 2. The number of aromatic amines is 1. The standard InChI is InChI=1S/C32H34N2O4/c1-19-29(32(36)38-23-8-4-3-5-9-23)30(21-12-13-25-20(16-21)14-15-33-25)31-26(34-19)17-22(18-27(31)35)24-10-6-7-11-28(24)37-2/h6-7,10-16,22-23,30,33-34H,3-5,8-9,17-18H2,1-2H3/t22?,30-/m1/s1. The molecule has 3 aromatic rings. The van der Waals surface area contributed by atoms with Gasteiger partial charge in [-0.1, -0.05) is 30.7 Å². The predicted octanol–water partition coefficient (Wildman–Crippen LogP) is 6.41. The Morgan fingerprint density at radius 1 is 1.00 bits per heavy atom. The number of ketones is 1. The second kappa shape index (κ2) is 10.2. The molecule has 2 aromatic carbocycles. The number of Topliss-reactive ketones (excluding diaryl/α,β-unsaturated/α-hetero) is 1. The Bertz CT molecular complexity index is 1460. The molecule has 1 saturated carbocycles. The monoisotopic (exact) mass is 510 g/mol. The van der Waals surface area contributed by atoms with Crippen molar-refractivity contribution in [3.05, 3.63) is 88.4 Å². The fraction of sp³-hybridized carbons (Fsp3) is 0.375. The van der Waals surface area contributed by atoms with Crippen molar-refractivity contribution in [3.8, 4) is 5.75 Å². The number of fused-ring (bicyclic) bond motifs is 1. The number of dihydropyridines is 1. The second-order valence-corrected chi connectivity index (χ2v) is 10.7. The molecule has 2 aliphatic carbocycles. The van der Waals surface area contributed by atoms with Gasteiger partial charge in [0.05, 0.1) is 12.7 Å². The molecule has 0 bridgehead atoms. The first-order valence-electron chi connectivity index (χ1n) is 13.7. The quantitative estimate of drug-likeness (QED) is 0.388. The zero-order valence-electron chi connectivity index (χ0n) is 22.0. The van der Waals surface area contributed by atoms with Crippen LogP contribution in [0.15, 0.2) is 77.3 Å². The van der Waals surface area contributed by atoms with Gasteiger partial charge in [-0.05, 0) is 79.8 Å². The first-order valence-corrected chi connectivity index (χ1v) is 13.7. The zero-order chi connectivity index (χ0) is 26.2. The first-order chi connectivity index (χ1) is 18.5. The number of carbonyl (C=O) groups excluding carboxylic acids is 2. The lowest BCUT2D eigenvalue weighted by molar-refractivity contribution is -0.146. The van der Waals surface area contributed by atoms with Crippen LogP contribution >= 0.6 is 0 Å². The maximum atomic E-state index is 14.0. The SMILES string of the molecule is COc1ccccc1C1CC(=O)C2=C(C1)NC(C)=C(C(=O)OC1CCCCC1)[C@H]2c1ccc2[nH]ccc2c1. The highest BCUT2D eigenvalue weighted by Gasteiger charge is 2.42. The largest absolute Gasteiger partial charge is 0.496 e. The number of para-hydroxylation sites is 1. The van der Waals surface area contributed by atoms with Crippen molar-refractivity contribution in [2.24, 2.45) is 0 Å². The molecule has 2 heterocycles. The molecule has 0 radical (unpaired) electrons. The Labute approximate surface area is 223 Å². The van der Waals surface area contributed by atoms with Crippen molar-refractivity contribution in [3.63, 3.8) is 0 Å². The molecule has 1 aliphatic heterocycles. The number of esters is 1.